The molecule has 0 saturated heterocycles. The van der Waals surface area contributed by atoms with Crippen molar-refractivity contribution >= 4 is 0 Å². The van der Waals surface area contributed by atoms with Gasteiger partial charge in [0.05, 0.1) is 13.2 Å². The van der Waals surface area contributed by atoms with Crippen LogP contribution < -0.4 is 0 Å². The van der Waals surface area contributed by atoms with Crippen molar-refractivity contribution in [3.05, 3.63) is 29.6 Å². The van der Waals surface area contributed by atoms with Gasteiger partial charge in [0.1, 0.15) is 11.6 Å². The molecule has 0 saturated carbocycles. The van der Waals surface area contributed by atoms with E-state index in [9.17, 15) is 9.50 Å². The second-order valence-corrected chi connectivity index (χ2v) is 4.08. The summed E-state index contributed by atoms with van der Waals surface area (Å²) in [5.74, 6) is -0.480. The fourth-order valence-electron chi connectivity index (χ4n) is 1.69. The Labute approximate surface area is 107 Å². The van der Waals surface area contributed by atoms with Crippen LogP contribution in [0.1, 0.15) is 5.56 Å². The van der Waals surface area contributed by atoms with Crippen LogP contribution in [0.15, 0.2) is 18.2 Å². The molecule has 0 amide bonds. The van der Waals surface area contributed by atoms with Crippen LogP contribution in [0.3, 0.4) is 0 Å². The van der Waals surface area contributed by atoms with Crippen LogP contribution >= 0.6 is 0 Å². The fourth-order valence-corrected chi connectivity index (χ4v) is 1.69. The van der Waals surface area contributed by atoms with Crippen molar-refractivity contribution in [1.82, 2.24) is 4.90 Å². The van der Waals surface area contributed by atoms with E-state index < -0.39 is 5.82 Å². The second kappa shape index (κ2) is 8.02. The van der Waals surface area contributed by atoms with Crippen LogP contribution in [-0.4, -0.2) is 50.5 Å². The number of hydrogen-bond donors (Lipinski definition) is 1. The molecule has 0 radical (unpaired) electrons. The number of phenols is 1. The average Bonchev–Trinajstić information content (AvgIpc) is 2.31. The Morgan fingerprint density at radius 3 is 2.22 bits per heavy atom. The van der Waals surface area contributed by atoms with Crippen LogP contribution in [0.5, 0.6) is 5.75 Å². The zero-order valence-electron chi connectivity index (χ0n) is 10.9. The molecule has 0 heterocycles. The Morgan fingerprint density at radius 1 is 1.11 bits per heavy atom. The molecule has 0 unspecified atom stereocenters. The van der Waals surface area contributed by atoms with Crippen molar-refractivity contribution in [1.29, 1.82) is 0 Å². The Hall–Kier alpha value is -1.17. The minimum Gasteiger partial charge on any atom is -0.508 e. The highest BCUT2D eigenvalue weighted by atomic mass is 19.1. The van der Waals surface area contributed by atoms with Gasteiger partial charge in [-0.15, -0.1) is 0 Å². The predicted octanol–water partition coefficient (Wildman–Crippen LogP) is 1.63. The Balaban J connectivity index is 2.62. The van der Waals surface area contributed by atoms with Crippen LogP contribution in [0.4, 0.5) is 4.39 Å². The van der Waals surface area contributed by atoms with E-state index in [-0.39, 0.29) is 5.75 Å². The third kappa shape index (κ3) is 5.44. The molecule has 0 fully saturated rings. The lowest BCUT2D eigenvalue weighted by molar-refractivity contribution is 0.110. The van der Waals surface area contributed by atoms with Gasteiger partial charge in [0, 0.05) is 39.9 Å². The normalized spacial score (nSPS) is 11.1. The largest absolute Gasteiger partial charge is 0.508 e. The molecular formula is C13H20FNO3. The van der Waals surface area contributed by atoms with Crippen molar-refractivity contribution in [2.45, 2.75) is 6.54 Å². The number of aromatic hydroxyl groups is 1. The quantitative estimate of drug-likeness (QED) is 0.768. The molecule has 0 atom stereocenters. The van der Waals surface area contributed by atoms with Crippen molar-refractivity contribution in [3.63, 3.8) is 0 Å². The molecule has 0 aliphatic heterocycles. The molecule has 4 nitrogen and oxygen atoms in total. The summed E-state index contributed by atoms with van der Waals surface area (Å²) < 4.78 is 23.2. The smallest absolute Gasteiger partial charge is 0.127 e. The lowest BCUT2D eigenvalue weighted by atomic mass is 10.2. The van der Waals surface area contributed by atoms with Crippen molar-refractivity contribution < 1.29 is 19.0 Å². The minimum atomic E-state index is -0.427. The summed E-state index contributed by atoms with van der Waals surface area (Å²) in [5, 5.41) is 9.35. The molecule has 102 valence electrons. The summed E-state index contributed by atoms with van der Waals surface area (Å²) in [6, 6.07) is 4.08. The summed E-state index contributed by atoms with van der Waals surface area (Å²) in [4.78, 5) is 2.08. The average molecular weight is 257 g/mol. The number of methoxy groups -OCH3 is 2. The van der Waals surface area contributed by atoms with Gasteiger partial charge < -0.3 is 14.6 Å². The topological polar surface area (TPSA) is 41.9 Å². The predicted molar refractivity (Wildman–Crippen MR) is 67.1 cm³/mol. The first-order chi connectivity index (χ1) is 8.65. The van der Waals surface area contributed by atoms with Crippen LogP contribution in [-0.2, 0) is 16.0 Å². The number of nitrogens with zero attached hydrogens (tertiary/aromatic N) is 1. The van der Waals surface area contributed by atoms with E-state index in [4.69, 9.17) is 9.47 Å². The molecule has 5 heteroatoms. The maximum Gasteiger partial charge on any atom is 0.127 e. The molecule has 0 spiro atoms. The summed E-state index contributed by atoms with van der Waals surface area (Å²) >= 11 is 0. The van der Waals surface area contributed by atoms with Gasteiger partial charge in [0.2, 0.25) is 0 Å². The van der Waals surface area contributed by atoms with E-state index in [0.29, 0.717) is 19.8 Å². The summed E-state index contributed by atoms with van der Waals surface area (Å²) in [7, 11) is 3.28. The zero-order valence-corrected chi connectivity index (χ0v) is 10.9. The maximum absolute atomic E-state index is 13.2. The van der Waals surface area contributed by atoms with Gasteiger partial charge in [0.15, 0.2) is 0 Å². The fraction of sp³-hybridized carbons (Fsp3) is 0.538. The molecule has 0 aliphatic carbocycles. The molecule has 1 N–H and O–H groups in total. The highest BCUT2D eigenvalue weighted by Gasteiger charge is 2.07. The lowest BCUT2D eigenvalue weighted by Gasteiger charge is -2.21. The molecule has 1 aromatic rings. The Kier molecular flexibility index (Phi) is 6.64. The van der Waals surface area contributed by atoms with E-state index in [1.807, 2.05) is 0 Å². The van der Waals surface area contributed by atoms with E-state index >= 15 is 0 Å². The SMILES string of the molecule is COCCN(CCOC)Cc1cc(O)cc(F)c1. The van der Waals surface area contributed by atoms with Crippen molar-refractivity contribution in [2.75, 3.05) is 40.5 Å². The van der Waals surface area contributed by atoms with Gasteiger partial charge in [-0.3, -0.25) is 4.90 Å². The number of hydrogen-bond acceptors (Lipinski definition) is 4. The number of phenolic OH excluding ortho intramolecular Hbond substituents is 1. The second-order valence-electron chi connectivity index (χ2n) is 4.08. The monoisotopic (exact) mass is 257 g/mol. The summed E-state index contributed by atoms with van der Waals surface area (Å²) in [6.45, 7) is 3.22. The summed E-state index contributed by atoms with van der Waals surface area (Å²) in [5.41, 5.74) is 0.736. The zero-order chi connectivity index (χ0) is 13.4. The van der Waals surface area contributed by atoms with Gasteiger partial charge >= 0.3 is 0 Å². The minimum absolute atomic E-state index is 0.0524. The molecule has 18 heavy (non-hydrogen) atoms. The van der Waals surface area contributed by atoms with Gasteiger partial charge in [-0.05, 0) is 17.7 Å². The van der Waals surface area contributed by atoms with Crippen molar-refractivity contribution in [3.8, 4) is 5.75 Å². The number of rotatable bonds is 8. The lowest BCUT2D eigenvalue weighted by Crippen LogP contribution is -2.30. The third-order valence-corrected chi connectivity index (χ3v) is 2.57. The van der Waals surface area contributed by atoms with Crippen LogP contribution in [0.2, 0.25) is 0 Å². The third-order valence-electron chi connectivity index (χ3n) is 2.57. The van der Waals surface area contributed by atoms with E-state index in [0.717, 1.165) is 24.7 Å². The van der Waals surface area contributed by atoms with Gasteiger partial charge in [-0.25, -0.2) is 4.39 Å². The Morgan fingerprint density at radius 2 is 1.72 bits per heavy atom. The number of ether oxygens (including phenoxy) is 2. The molecule has 1 aromatic carbocycles. The van der Waals surface area contributed by atoms with Gasteiger partial charge in [0.25, 0.3) is 0 Å². The van der Waals surface area contributed by atoms with Crippen LogP contribution in [0.25, 0.3) is 0 Å². The first-order valence-corrected chi connectivity index (χ1v) is 5.84. The first-order valence-electron chi connectivity index (χ1n) is 5.84. The maximum atomic E-state index is 13.2. The summed E-state index contributed by atoms with van der Waals surface area (Å²) in [6.07, 6.45) is 0. The Bertz CT molecular complexity index is 332. The highest BCUT2D eigenvalue weighted by molar-refractivity contribution is 5.28. The number of benzene rings is 1. The number of halogens is 1. The van der Waals surface area contributed by atoms with Gasteiger partial charge in [-0.1, -0.05) is 0 Å². The van der Waals surface area contributed by atoms with E-state index in [1.165, 1.54) is 6.07 Å². The standard InChI is InChI=1S/C13H20FNO3/c1-17-5-3-15(4-6-18-2)10-11-7-12(14)9-13(16)8-11/h7-9,16H,3-6,10H2,1-2H3. The molecule has 0 aromatic heterocycles. The molecule has 0 bridgehead atoms. The molecule has 1 rings (SSSR count). The van der Waals surface area contributed by atoms with Crippen molar-refractivity contribution in [2.24, 2.45) is 0 Å². The molecule has 0 aliphatic rings. The highest BCUT2D eigenvalue weighted by Crippen LogP contribution is 2.16. The van der Waals surface area contributed by atoms with E-state index in [2.05, 4.69) is 4.90 Å². The molecular weight excluding hydrogens is 237 g/mol. The first kappa shape index (κ1) is 14.9. The van der Waals surface area contributed by atoms with Crippen LogP contribution in [0, 0.1) is 5.82 Å². The van der Waals surface area contributed by atoms with Gasteiger partial charge in [-0.2, -0.15) is 0 Å². The van der Waals surface area contributed by atoms with E-state index in [1.54, 1.807) is 20.3 Å².